The van der Waals surface area contributed by atoms with Crippen molar-refractivity contribution >= 4 is 10.7 Å². The van der Waals surface area contributed by atoms with Gasteiger partial charge in [-0.3, -0.25) is 0 Å². The number of rotatable bonds is 3. The van der Waals surface area contributed by atoms with E-state index in [-0.39, 0.29) is 5.75 Å². The zero-order valence-electron chi connectivity index (χ0n) is 6.73. The summed E-state index contributed by atoms with van der Waals surface area (Å²) in [6.07, 6.45) is 3.76. The van der Waals surface area contributed by atoms with Crippen LogP contribution in [0.4, 0.5) is 0 Å². The molecule has 1 aromatic rings. The lowest BCUT2D eigenvalue weighted by atomic mass is 10.4. The van der Waals surface area contributed by atoms with E-state index < -0.39 is 10.7 Å². The second-order valence-electron chi connectivity index (χ2n) is 2.48. The SMILES string of the molecule is Cc1cnc(CC[SH](=O)=O)nc1. The topological polar surface area (TPSA) is 59.9 Å². The Kier molecular flexibility index (Phi) is 3.16. The molecule has 0 aliphatic heterocycles. The first-order valence-electron chi connectivity index (χ1n) is 3.58. The zero-order chi connectivity index (χ0) is 8.97. The highest BCUT2D eigenvalue weighted by Crippen LogP contribution is 1.94. The Morgan fingerprint density at radius 2 is 1.92 bits per heavy atom. The molecule has 0 spiro atoms. The molecule has 12 heavy (non-hydrogen) atoms. The molecule has 0 N–H and O–H groups in total. The van der Waals surface area contributed by atoms with Gasteiger partial charge in [0.25, 0.3) is 0 Å². The van der Waals surface area contributed by atoms with Crippen LogP contribution in [-0.4, -0.2) is 24.1 Å². The van der Waals surface area contributed by atoms with Gasteiger partial charge in [-0.2, -0.15) is 0 Å². The van der Waals surface area contributed by atoms with Crippen LogP contribution in [0.5, 0.6) is 0 Å². The van der Waals surface area contributed by atoms with Crippen molar-refractivity contribution in [2.24, 2.45) is 0 Å². The summed E-state index contributed by atoms with van der Waals surface area (Å²) in [4.78, 5) is 7.94. The Balaban J connectivity index is 2.59. The van der Waals surface area contributed by atoms with Gasteiger partial charge in [0, 0.05) is 18.8 Å². The molecule has 0 aliphatic rings. The van der Waals surface area contributed by atoms with Crippen molar-refractivity contribution in [1.29, 1.82) is 0 Å². The van der Waals surface area contributed by atoms with Crippen LogP contribution in [0, 0.1) is 6.92 Å². The molecule has 1 heterocycles. The summed E-state index contributed by atoms with van der Waals surface area (Å²) < 4.78 is 20.4. The smallest absolute Gasteiger partial charge is 0.140 e. The van der Waals surface area contributed by atoms with Gasteiger partial charge in [0.2, 0.25) is 0 Å². The molecule has 0 aliphatic carbocycles. The third kappa shape index (κ3) is 2.96. The number of thiol groups is 1. The third-order valence-electron chi connectivity index (χ3n) is 1.35. The monoisotopic (exact) mass is 186 g/mol. The zero-order valence-corrected chi connectivity index (χ0v) is 7.62. The van der Waals surface area contributed by atoms with Crippen molar-refractivity contribution in [3.8, 4) is 0 Å². The van der Waals surface area contributed by atoms with Crippen molar-refractivity contribution in [2.75, 3.05) is 5.75 Å². The predicted octanol–water partition coefficient (Wildman–Crippen LogP) is -0.0611. The van der Waals surface area contributed by atoms with E-state index in [1.807, 2.05) is 6.92 Å². The number of aryl methyl sites for hydroxylation is 2. The van der Waals surface area contributed by atoms with Gasteiger partial charge in [-0.25, -0.2) is 18.4 Å². The Morgan fingerprint density at radius 1 is 1.33 bits per heavy atom. The summed E-state index contributed by atoms with van der Waals surface area (Å²) in [7, 11) is -2.31. The fourth-order valence-corrected chi connectivity index (χ4v) is 1.12. The molecule has 0 atom stereocenters. The normalized spacial score (nSPS) is 10.5. The average Bonchev–Trinajstić information content (AvgIpc) is 2.03. The molecule has 0 fully saturated rings. The van der Waals surface area contributed by atoms with Crippen LogP contribution in [0.15, 0.2) is 12.4 Å². The number of hydrogen-bond acceptors (Lipinski definition) is 4. The van der Waals surface area contributed by atoms with Gasteiger partial charge >= 0.3 is 0 Å². The van der Waals surface area contributed by atoms with Crippen molar-refractivity contribution in [3.63, 3.8) is 0 Å². The van der Waals surface area contributed by atoms with Crippen LogP contribution < -0.4 is 0 Å². The molecule has 1 rings (SSSR count). The molecule has 5 heteroatoms. The van der Waals surface area contributed by atoms with Gasteiger partial charge in [0.1, 0.15) is 16.5 Å². The predicted molar refractivity (Wildman–Crippen MR) is 45.7 cm³/mol. The molecule has 0 unspecified atom stereocenters. The van der Waals surface area contributed by atoms with Gasteiger partial charge in [0.05, 0.1) is 5.75 Å². The van der Waals surface area contributed by atoms with Gasteiger partial charge in [0.15, 0.2) is 0 Å². The van der Waals surface area contributed by atoms with Gasteiger partial charge < -0.3 is 0 Å². The highest BCUT2D eigenvalue weighted by Gasteiger charge is 1.95. The lowest BCUT2D eigenvalue weighted by Crippen LogP contribution is -1.99. The molecule has 0 saturated carbocycles. The summed E-state index contributed by atoms with van der Waals surface area (Å²) in [6.45, 7) is 1.89. The van der Waals surface area contributed by atoms with Crippen molar-refractivity contribution in [3.05, 3.63) is 23.8 Å². The fraction of sp³-hybridized carbons (Fsp3) is 0.429. The Labute approximate surface area is 72.6 Å². The minimum absolute atomic E-state index is 0.123. The Hall–Kier alpha value is -0.970. The van der Waals surface area contributed by atoms with E-state index in [4.69, 9.17) is 0 Å². The fourth-order valence-electron chi connectivity index (χ4n) is 0.740. The maximum Gasteiger partial charge on any atom is 0.140 e. The lowest BCUT2D eigenvalue weighted by molar-refractivity contribution is 0.613. The van der Waals surface area contributed by atoms with Crippen LogP contribution >= 0.6 is 0 Å². The molecule has 4 nitrogen and oxygen atoms in total. The minimum atomic E-state index is -2.31. The molecule has 0 bridgehead atoms. The average molecular weight is 186 g/mol. The number of aromatic nitrogens is 2. The van der Waals surface area contributed by atoms with Crippen molar-refractivity contribution in [2.45, 2.75) is 13.3 Å². The maximum atomic E-state index is 10.2. The van der Waals surface area contributed by atoms with E-state index in [1.54, 1.807) is 12.4 Å². The van der Waals surface area contributed by atoms with Crippen molar-refractivity contribution < 1.29 is 8.42 Å². The molecule has 66 valence electrons. The van der Waals surface area contributed by atoms with Gasteiger partial charge in [-0.15, -0.1) is 0 Å². The first-order valence-corrected chi connectivity index (χ1v) is 4.94. The summed E-state index contributed by atoms with van der Waals surface area (Å²) in [5, 5.41) is 0. The molecular weight excluding hydrogens is 176 g/mol. The first-order chi connectivity index (χ1) is 5.68. The molecule has 1 aromatic heterocycles. The highest BCUT2D eigenvalue weighted by molar-refractivity contribution is 7.72. The summed E-state index contributed by atoms with van der Waals surface area (Å²) in [5.74, 6) is 0.707. The molecule has 0 saturated heterocycles. The van der Waals surface area contributed by atoms with E-state index in [1.165, 1.54) is 0 Å². The summed E-state index contributed by atoms with van der Waals surface area (Å²) >= 11 is 0. The summed E-state index contributed by atoms with van der Waals surface area (Å²) in [5.41, 5.74) is 0.977. The second-order valence-corrected chi connectivity index (χ2v) is 3.60. The van der Waals surface area contributed by atoms with Crippen LogP contribution in [-0.2, 0) is 17.1 Å². The van der Waals surface area contributed by atoms with E-state index in [0.717, 1.165) is 5.56 Å². The third-order valence-corrected chi connectivity index (χ3v) is 1.94. The largest absolute Gasteiger partial charge is 0.241 e. The lowest BCUT2D eigenvalue weighted by Gasteiger charge is -1.95. The number of hydrogen-bond donors (Lipinski definition) is 1. The molecule has 0 amide bonds. The standard InChI is InChI=1S/C7H10N2O2S/c1-6-4-8-7(9-5-6)2-3-12(10)11/h4-5,12H,2-3H2,1H3. The highest BCUT2D eigenvalue weighted by atomic mass is 32.2. The van der Waals surface area contributed by atoms with Crippen LogP contribution in [0.3, 0.4) is 0 Å². The van der Waals surface area contributed by atoms with E-state index in [9.17, 15) is 8.42 Å². The maximum absolute atomic E-state index is 10.2. The molecular formula is C7H10N2O2S. The Morgan fingerprint density at radius 3 is 2.42 bits per heavy atom. The van der Waals surface area contributed by atoms with E-state index in [0.29, 0.717) is 12.2 Å². The minimum Gasteiger partial charge on any atom is -0.241 e. The second kappa shape index (κ2) is 4.15. The molecule has 0 aromatic carbocycles. The quantitative estimate of drug-likeness (QED) is 0.672. The van der Waals surface area contributed by atoms with E-state index in [2.05, 4.69) is 9.97 Å². The van der Waals surface area contributed by atoms with Gasteiger partial charge in [-0.1, -0.05) is 0 Å². The first kappa shape index (κ1) is 9.12. The van der Waals surface area contributed by atoms with Gasteiger partial charge in [-0.05, 0) is 12.5 Å². The van der Waals surface area contributed by atoms with Crippen LogP contribution in [0.25, 0.3) is 0 Å². The molecule has 0 radical (unpaired) electrons. The van der Waals surface area contributed by atoms with Crippen LogP contribution in [0.2, 0.25) is 0 Å². The van der Waals surface area contributed by atoms with Crippen LogP contribution in [0.1, 0.15) is 11.4 Å². The number of nitrogens with zero attached hydrogens (tertiary/aromatic N) is 2. The van der Waals surface area contributed by atoms with Crippen molar-refractivity contribution in [1.82, 2.24) is 9.97 Å². The Bertz CT molecular complexity index is 311. The van der Waals surface area contributed by atoms with E-state index >= 15 is 0 Å². The summed E-state index contributed by atoms with van der Waals surface area (Å²) in [6, 6.07) is 0.